The van der Waals surface area contributed by atoms with Crippen LogP contribution < -0.4 is 5.73 Å². The van der Waals surface area contributed by atoms with Gasteiger partial charge in [0.05, 0.1) is 13.2 Å². The van der Waals surface area contributed by atoms with Crippen LogP contribution in [-0.2, 0) is 11.2 Å². The van der Waals surface area contributed by atoms with Crippen LogP contribution in [0.25, 0.3) is 0 Å². The lowest BCUT2D eigenvalue weighted by Gasteiger charge is -2.31. The van der Waals surface area contributed by atoms with E-state index in [1.54, 1.807) is 0 Å². The largest absolute Gasteiger partial charge is 0.379 e. The molecular weight excluding hydrogens is 272 g/mol. The molecule has 114 valence electrons. The van der Waals surface area contributed by atoms with E-state index in [0.717, 1.165) is 19.1 Å². The first kappa shape index (κ1) is 17.4. The molecule has 3 nitrogen and oxygen atoms in total. The van der Waals surface area contributed by atoms with Gasteiger partial charge in [-0.2, -0.15) is 0 Å². The summed E-state index contributed by atoms with van der Waals surface area (Å²) < 4.78 is 5.44. The lowest BCUT2D eigenvalue weighted by atomic mass is 9.90. The van der Waals surface area contributed by atoms with Gasteiger partial charge in [-0.05, 0) is 43.8 Å². The number of ether oxygens (including phenoxy) is 1. The van der Waals surface area contributed by atoms with Crippen LogP contribution in [0.5, 0.6) is 0 Å². The van der Waals surface area contributed by atoms with E-state index in [4.69, 9.17) is 10.5 Å². The zero-order chi connectivity index (χ0) is 13.3. The summed E-state index contributed by atoms with van der Waals surface area (Å²) in [5.41, 5.74) is 6.88. The van der Waals surface area contributed by atoms with E-state index in [1.807, 2.05) is 0 Å². The van der Waals surface area contributed by atoms with Gasteiger partial charge in [-0.25, -0.2) is 0 Å². The lowest BCUT2D eigenvalue weighted by Crippen LogP contribution is -2.36. The molecule has 0 aromatic heterocycles. The minimum Gasteiger partial charge on any atom is -0.379 e. The minimum absolute atomic E-state index is 0. The molecule has 1 aliphatic rings. The number of hydrogen-bond donors (Lipinski definition) is 1. The second-order valence-corrected chi connectivity index (χ2v) is 5.38. The van der Waals surface area contributed by atoms with Gasteiger partial charge in [-0.15, -0.1) is 12.4 Å². The third kappa shape index (κ3) is 6.23. The Hall–Kier alpha value is -0.610. The minimum atomic E-state index is 0. The average molecular weight is 299 g/mol. The maximum Gasteiger partial charge on any atom is 0.0594 e. The van der Waals surface area contributed by atoms with Crippen LogP contribution in [0.1, 0.15) is 18.4 Å². The fraction of sp³-hybridized carbons (Fsp3) is 0.625. The summed E-state index contributed by atoms with van der Waals surface area (Å²) in [6.07, 6.45) is 3.86. The molecule has 1 aromatic rings. The van der Waals surface area contributed by atoms with Crippen molar-refractivity contribution in [3.8, 4) is 0 Å². The summed E-state index contributed by atoms with van der Waals surface area (Å²) in [7, 11) is 0. The highest BCUT2D eigenvalue weighted by molar-refractivity contribution is 5.85. The van der Waals surface area contributed by atoms with E-state index in [9.17, 15) is 0 Å². The maximum atomic E-state index is 5.44. The molecule has 0 unspecified atom stereocenters. The van der Waals surface area contributed by atoms with Crippen LogP contribution >= 0.6 is 12.4 Å². The molecule has 1 aromatic carbocycles. The summed E-state index contributed by atoms with van der Waals surface area (Å²) in [5, 5.41) is 0. The van der Waals surface area contributed by atoms with Crippen LogP contribution in [0, 0.1) is 5.92 Å². The molecule has 1 heterocycles. The first-order chi connectivity index (χ1) is 9.38. The van der Waals surface area contributed by atoms with Crippen molar-refractivity contribution >= 4 is 12.4 Å². The number of likely N-dealkylation sites (tertiary alicyclic amines) is 1. The molecule has 1 aliphatic heterocycles. The molecule has 20 heavy (non-hydrogen) atoms. The Morgan fingerprint density at radius 1 is 1.10 bits per heavy atom. The Morgan fingerprint density at radius 2 is 1.80 bits per heavy atom. The predicted molar refractivity (Wildman–Crippen MR) is 86.4 cm³/mol. The SMILES string of the molecule is Cl.NCCOCCN1CCC(Cc2ccccc2)CC1. The van der Waals surface area contributed by atoms with Gasteiger partial charge in [0.2, 0.25) is 0 Å². The molecular formula is C16H27ClN2O. The quantitative estimate of drug-likeness (QED) is 0.785. The Kier molecular flexibility index (Phi) is 8.86. The molecule has 0 saturated carbocycles. The summed E-state index contributed by atoms with van der Waals surface area (Å²) in [6.45, 7) is 5.61. The number of halogens is 1. The first-order valence-corrected chi connectivity index (χ1v) is 7.42. The van der Waals surface area contributed by atoms with Gasteiger partial charge in [0.15, 0.2) is 0 Å². The Labute approximate surface area is 128 Å². The summed E-state index contributed by atoms with van der Waals surface area (Å²) in [4.78, 5) is 2.51. The van der Waals surface area contributed by atoms with Crippen LogP contribution in [0.15, 0.2) is 30.3 Å². The number of piperidine rings is 1. The van der Waals surface area contributed by atoms with Crippen LogP contribution in [-0.4, -0.2) is 44.3 Å². The van der Waals surface area contributed by atoms with Crippen LogP contribution in [0.2, 0.25) is 0 Å². The molecule has 2 rings (SSSR count). The van der Waals surface area contributed by atoms with Gasteiger partial charge >= 0.3 is 0 Å². The van der Waals surface area contributed by atoms with E-state index in [2.05, 4.69) is 35.2 Å². The van der Waals surface area contributed by atoms with Crippen molar-refractivity contribution in [3.63, 3.8) is 0 Å². The maximum absolute atomic E-state index is 5.44. The van der Waals surface area contributed by atoms with Gasteiger partial charge in [0.25, 0.3) is 0 Å². The van der Waals surface area contributed by atoms with Gasteiger partial charge < -0.3 is 15.4 Å². The third-order valence-corrected chi connectivity index (χ3v) is 3.89. The number of nitrogens with zero attached hydrogens (tertiary/aromatic N) is 1. The van der Waals surface area contributed by atoms with Crippen molar-refractivity contribution in [3.05, 3.63) is 35.9 Å². The van der Waals surface area contributed by atoms with E-state index >= 15 is 0 Å². The molecule has 0 bridgehead atoms. The standard InChI is InChI=1S/C16H26N2O.ClH/c17-8-12-19-13-11-18-9-6-16(7-10-18)14-15-4-2-1-3-5-15;/h1-5,16H,6-14,17H2;1H. The van der Waals surface area contributed by atoms with Crippen LogP contribution in [0.4, 0.5) is 0 Å². The first-order valence-electron chi connectivity index (χ1n) is 7.42. The summed E-state index contributed by atoms with van der Waals surface area (Å²) in [5.74, 6) is 0.851. The van der Waals surface area contributed by atoms with Crippen molar-refractivity contribution < 1.29 is 4.74 Å². The lowest BCUT2D eigenvalue weighted by molar-refractivity contribution is 0.0926. The molecule has 0 radical (unpaired) electrons. The van der Waals surface area contributed by atoms with Gasteiger partial charge in [0, 0.05) is 13.1 Å². The topological polar surface area (TPSA) is 38.5 Å². The molecule has 1 saturated heterocycles. The smallest absolute Gasteiger partial charge is 0.0594 e. The Morgan fingerprint density at radius 3 is 2.45 bits per heavy atom. The van der Waals surface area contributed by atoms with E-state index < -0.39 is 0 Å². The van der Waals surface area contributed by atoms with E-state index in [-0.39, 0.29) is 12.4 Å². The predicted octanol–water partition coefficient (Wildman–Crippen LogP) is 2.34. The van der Waals surface area contributed by atoms with Crippen molar-refractivity contribution in [1.82, 2.24) is 4.90 Å². The number of nitrogens with two attached hydrogens (primary N) is 1. The van der Waals surface area contributed by atoms with Crippen molar-refractivity contribution in [1.29, 1.82) is 0 Å². The summed E-state index contributed by atoms with van der Waals surface area (Å²) >= 11 is 0. The molecule has 4 heteroatoms. The van der Waals surface area contributed by atoms with Crippen molar-refractivity contribution in [2.45, 2.75) is 19.3 Å². The number of benzene rings is 1. The highest BCUT2D eigenvalue weighted by Crippen LogP contribution is 2.21. The molecule has 0 spiro atoms. The summed E-state index contributed by atoms with van der Waals surface area (Å²) in [6, 6.07) is 10.9. The van der Waals surface area contributed by atoms with Crippen molar-refractivity contribution in [2.75, 3.05) is 39.4 Å². The van der Waals surface area contributed by atoms with E-state index in [1.165, 1.54) is 37.9 Å². The molecule has 0 aliphatic carbocycles. The third-order valence-electron chi connectivity index (χ3n) is 3.89. The monoisotopic (exact) mass is 298 g/mol. The Balaban J connectivity index is 0.00000200. The number of hydrogen-bond acceptors (Lipinski definition) is 3. The second kappa shape index (κ2) is 10.2. The molecule has 2 N–H and O–H groups in total. The normalized spacial score (nSPS) is 16.9. The zero-order valence-electron chi connectivity index (χ0n) is 12.2. The second-order valence-electron chi connectivity index (χ2n) is 5.38. The Bertz CT molecular complexity index is 340. The average Bonchev–Trinajstić information content (AvgIpc) is 2.46. The molecule has 0 atom stereocenters. The molecule has 0 amide bonds. The number of rotatable bonds is 7. The highest BCUT2D eigenvalue weighted by atomic mass is 35.5. The highest BCUT2D eigenvalue weighted by Gasteiger charge is 2.18. The van der Waals surface area contributed by atoms with E-state index in [0.29, 0.717) is 13.2 Å². The van der Waals surface area contributed by atoms with Gasteiger partial charge in [-0.1, -0.05) is 30.3 Å². The van der Waals surface area contributed by atoms with Crippen molar-refractivity contribution in [2.24, 2.45) is 11.7 Å². The fourth-order valence-corrected chi connectivity index (χ4v) is 2.74. The zero-order valence-corrected chi connectivity index (χ0v) is 13.0. The van der Waals surface area contributed by atoms with Crippen LogP contribution in [0.3, 0.4) is 0 Å². The van der Waals surface area contributed by atoms with Gasteiger partial charge in [0.1, 0.15) is 0 Å². The molecule has 1 fully saturated rings. The van der Waals surface area contributed by atoms with Gasteiger partial charge in [-0.3, -0.25) is 0 Å². The fourth-order valence-electron chi connectivity index (χ4n) is 2.74.